The van der Waals surface area contributed by atoms with Gasteiger partial charge >= 0.3 is 0 Å². The Hall–Kier alpha value is -1.19. The maximum atomic E-state index is 11.9. The number of aliphatic hydroxyl groups excluding tert-OH is 1. The largest absolute Gasteiger partial charge is 0.396 e. The minimum absolute atomic E-state index is 0.322. The molecule has 0 aromatic rings. The molecular formula is C26H46O3. The molecule has 1 N–H and O–H groups in total. The third-order valence-corrected chi connectivity index (χ3v) is 5.22. The van der Waals surface area contributed by atoms with Crippen LogP contribution in [0, 0.1) is 0 Å². The van der Waals surface area contributed by atoms with Crippen molar-refractivity contribution in [3.05, 3.63) is 37.0 Å². The number of hydrogen-bond acceptors (Lipinski definition) is 3. The lowest BCUT2D eigenvalue weighted by Gasteiger charge is -2.05. The monoisotopic (exact) mass is 406 g/mol. The third-order valence-electron chi connectivity index (χ3n) is 5.22. The number of Topliss-reactive ketones (excluding diaryl/α,β-unsaturated/α-hetero) is 1. The molecule has 3 nitrogen and oxygen atoms in total. The molecule has 0 spiro atoms. The van der Waals surface area contributed by atoms with Crippen LogP contribution in [-0.4, -0.2) is 30.7 Å². The number of ether oxygens (including phenoxy) is 1. The molecule has 0 rings (SSSR count). The maximum Gasteiger partial charge on any atom is 0.132 e. The summed E-state index contributed by atoms with van der Waals surface area (Å²) in [5.74, 6) is 0.451. The van der Waals surface area contributed by atoms with E-state index in [1.54, 1.807) is 6.08 Å². The van der Waals surface area contributed by atoms with Crippen LogP contribution in [0.4, 0.5) is 0 Å². The number of hydrogen-bond donors (Lipinski definition) is 1. The highest BCUT2D eigenvalue weighted by Gasteiger charge is 2.02. The summed E-state index contributed by atoms with van der Waals surface area (Å²) in [7, 11) is 0. The fourth-order valence-corrected chi connectivity index (χ4v) is 3.37. The van der Waals surface area contributed by atoms with Crippen molar-refractivity contribution in [2.45, 2.75) is 103 Å². The highest BCUT2D eigenvalue weighted by Crippen LogP contribution is 2.12. The smallest absolute Gasteiger partial charge is 0.132 e. The van der Waals surface area contributed by atoms with E-state index in [2.05, 4.69) is 13.2 Å². The zero-order valence-electron chi connectivity index (χ0n) is 18.8. The molecule has 0 amide bonds. The molecular weight excluding hydrogens is 360 g/mol. The number of carbonyl (C=O) groups excluding carboxylic acids is 1. The Morgan fingerprint density at radius 3 is 1.69 bits per heavy atom. The number of carbonyl (C=O) groups is 1. The van der Waals surface area contributed by atoms with E-state index in [1.165, 1.54) is 57.8 Å². The zero-order chi connectivity index (χ0) is 21.4. The number of allylic oxidation sites excluding steroid dienone is 2. The summed E-state index contributed by atoms with van der Waals surface area (Å²) in [4.78, 5) is 11.9. The van der Waals surface area contributed by atoms with Gasteiger partial charge in [0, 0.05) is 26.1 Å². The quantitative estimate of drug-likeness (QED) is 0.145. The molecule has 0 atom stereocenters. The van der Waals surface area contributed by atoms with Gasteiger partial charge in [0.2, 0.25) is 0 Å². The fraction of sp³-hybridized carbons (Fsp3) is 0.731. The third kappa shape index (κ3) is 21.3. The van der Waals surface area contributed by atoms with Crippen molar-refractivity contribution >= 4 is 5.78 Å². The Morgan fingerprint density at radius 2 is 1.21 bits per heavy atom. The van der Waals surface area contributed by atoms with Gasteiger partial charge in [-0.05, 0) is 31.3 Å². The van der Waals surface area contributed by atoms with E-state index < -0.39 is 0 Å². The summed E-state index contributed by atoms with van der Waals surface area (Å²) in [5.41, 5.74) is 1.07. The molecule has 0 aliphatic carbocycles. The molecule has 0 radical (unpaired) electrons. The van der Waals surface area contributed by atoms with Crippen LogP contribution in [-0.2, 0) is 9.53 Å². The highest BCUT2D eigenvalue weighted by molar-refractivity contribution is 5.78. The Kier molecular flexibility index (Phi) is 22.1. The summed E-state index contributed by atoms with van der Waals surface area (Å²) in [5, 5.41) is 8.73. The van der Waals surface area contributed by atoms with Gasteiger partial charge in [-0.2, -0.15) is 0 Å². The van der Waals surface area contributed by atoms with Gasteiger partial charge in [-0.25, -0.2) is 0 Å². The second-order valence-electron chi connectivity index (χ2n) is 7.95. The van der Waals surface area contributed by atoms with Crippen molar-refractivity contribution in [1.82, 2.24) is 0 Å². The second kappa shape index (κ2) is 23.1. The molecule has 0 fully saturated rings. The first-order valence-electron chi connectivity index (χ1n) is 11.9. The van der Waals surface area contributed by atoms with E-state index in [0.717, 1.165) is 57.1 Å². The molecule has 0 bridgehead atoms. The van der Waals surface area contributed by atoms with Crippen molar-refractivity contribution in [2.75, 3.05) is 19.8 Å². The van der Waals surface area contributed by atoms with Crippen LogP contribution in [0.3, 0.4) is 0 Å². The molecule has 0 aliphatic rings. The SMILES string of the molecule is C=C/C=C(\C=C)COCCCCCCCCC(=O)CCCCCCCCCCO. The number of ketones is 1. The first kappa shape index (κ1) is 27.8. The van der Waals surface area contributed by atoms with Crippen molar-refractivity contribution < 1.29 is 14.6 Å². The Balaban J connectivity index is 3.28. The number of aliphatic hydroxyl groups is 1. The fourth-order valence-electron chi connectivity index (χ4n) is 3.37. The highest BCUT2D eigenvalue weighted by atomic mass is 16.5. The lowest BCUT2D eigenvalue weighted by Crippen LogP contribution is -1.99. The number of unbranched alkanes of at least 4 members (excludes halogenated alkanes) is 12. The molecule has 0 saturated heterocycles. The molecule has 0 saturated carbocycles. The zero-order valence-corrected chi connectivity index (χ0v) is 18.8. The molecule has 0 aromatic heterocycles. The van der Waals surface area contributed by atoms with E-state index in [-0.39, 0.29) is 0 Å². The molecule has 0 aliphatic heterocycles. The van der Waals surface area contributed by atoms with Gasteiger partial charge in [-0.1, -0.05) is 95.6 Å². The lowest BCUT2D eigenvalue weighted by molar-refractivity contribution is -0.119. The van der Waals surface area contributed by atoms with Gasteiger partial charge in [-0.15, -0.1) is 0 Å². The van der Waals surface area contributed by atoms with Crippen molar-refractivity contribution in [3.8, 4) is 0 Å². The van der Waals surface area contributed by atoms with Gasteiger partial charge in [0.25, 0.3) is 0 Å². The van der Waals surface area contributed by atoms with E-state index in [4.69, 9.17) is 9.84 Å². The Bertz CT molecular complexity index is 426. The van der Waals surface area contributed by atoms with Gasteiger partial charge in [0.15, 0.2) is 0 Å². The summed E-state index contributed by atoms with van der Waals surface area (Å²) < 4.78 is 5.64. The second-order valence-corrected chi connectivity index (χ2v) is 7.95. The van der Waals surface area contributed by atoms with Gasteiger partial charge in [0.1, 0.15) is 5.78 Å². The van der Waals surface area contributed by atoms with Crippen molar-refractivity contribution in [1.29, 1.82) is 0 Å². The normalized spacial score (nSPS) is 11.6. The average molecular weight is 407 g/mol. The van der Waals surface area contributed by atoms with E-state index in [1.807, 2.05) is 12.2 Å². The standard InChI is InChI=1S/C26H46O3/c1-3-19-25(4-2)24-29-23-18-14-10-8-12-16-21-26(28)20-15-11-7-5-6-9-13-17-22-27/h3-4,19,27H,1-2,5-18,20-24H2/b25-19+. The lowest BCUT2D eigenvalue weighted by atomic mass is 10.0. The Labute approximate surface area is 180 Å². The summed E-state index contributed by atoms with van der Waals surface area (Å²) in [6.07, 6.45) is 23.3. The van der Waals surface area contributed by atoms with E-state index >= 15 is 0 Å². The molecule has 3 heteroatoms. The predicted octanol–water partition coefficient (Wildman–Crippen LogP) is 7.10. The van der Waals surface area contributed by atoms with Crippen molar-refractivity contribution in [2.24, 2.45) is 0 Å². The van der Waals surface area contributed by atoms with Crippen LogP contribution in [0.5, 0.6) is 0 Å². The van der Waals surface area contributed by atoms with E-state index in [0.29, 0.717) is 19.0 Å². The van der Waals surface area contributed by atoms with Crippen LogP contribution in [0.25, 0.3) is 0 Å². The maximum absolute atomic E-state index is 11.9. The minimum Gasteiger partial charge on any atom is -0.396 e. The van der Waals surface area contributed by atoms with Crippen LogP contribution in [0.1, 0.15) is 103 Å². The van der Waals surface area contributed by atoms with Crippen LogP contribution < -0.4 is 0 Å². The first-order valence-corrected chi connectivity index (χ1v) is 11.9. The summed E-state index contributed by atoms with van der Waals surface area (Å²) in [6, 6.07) is 0. The minimum atomic E-state index is 0.322. The summed E-state index contributed by atoms with van der Waals surface area (Å²) in [6.45, 7) is 9.17. The average Bonchev–Trinajstić information content (AvgIpc) is 2.73. The Morgan fingerprint density at radius 1 is 0.724 bits per heavy atom. The number of rotatable bonds is 23. The van der Waals surface area contributed by atoms with Gasteiger partial charge in [0.05, 0.1) is 6.61 Å². The molecule has 168 valence electrons. The van der Waals surface area contributed by atoms with Crippen LogP contribution in [0.15, 0.2) is 37.0 Å². The summed E-state index contributed by atoms with van der Waals surface area (Å²) >= 11 is 0. The molecule has 0 unspecified atom stereocenters. The van der Waals surface area contributed by atoms with Gasteiger partial charge in [-0.3, -0.25) is 4.79 Å². The van der Waals surface area contributed by atoms with E-state index in [9.17, 15) is 4.79 Å². The topological polar surface area (TPSA) is 46.5 Å². The van der Waals surface area contributed by atoms with Crippen molar-refractivity contribution in [3.63, 3.8) is 0 Å². The molecule has 0 heterocycles. The molecule has 29 heavy (non-hydrogen) atoms. The first-order chi connectivity index (χ1) is 14.2. The van der Waals surface area contributed by atoms with Crippen LogP contribution in [0.2, 0.25) is 0 Å². The molecule has 0 aromatic carbocycles. The van der Waals surface area contributed by atoms with Gasteiger partial charge < -0.3 is 9.84 Å². The van der Waals surface area contributed by atoms with Crippen LogP contribution >= 0.6 is 0 Å². The predicted molar refractivity (Wildman–Crippen MR) is 125 cm³/mol.